The molecule has 6 nitrogen and oxygen atoms in total. The van der Waals surface area contributed by atoms with Crippen molar-refractivity contribution in [1.29, 1.82) is 0 Å². The third kappa shape index (κ3) is 11.5. The molecular weight excluding hydrogens is 745 g/mol. The average molecular weight is 807 g/mol. The van der Waals surface area contributed by atoms with E-state index in [2.05, 4.69) is 55.0 Å². The minimum atomic E-state index is -0.246. The summed E-state index contributed by atoms with van der Waals surface area (Å²) in [5.41, 5.74) is 7.18. The number of aromatic hydroxyl groups is 6. The van der Waals surface area contributed by atoms with Crippen LogP contribution in [0.15, 0.2) is 152 Å². The summed E-state index contributed by atoms with van der Waals surface area (Å²) in [5.74, 6) is 1.86. The molecule has 0 aliphatic rings. The second kappa shape index (κ2) is 18.4. The molecule has 0 bridgehead atoms. The first-order valence-corrected chi connectivity index (χ1v) is 20.6. The van der Waals surface area contributed by atoms with Crippen molar-refractivity contribution in [2.75, 3.05) is 0 Å². The van der Waals surface area contributed by atoms with Crippen LogP contribution in [0.25, 0.3) is 5.57 Å². The number of hydrogen-bond acceptors (Lipinski definition) is 6. The summed E-state index contributed by atoms with van der Waals surface area (Å²) in [4.78, 5) is 0. The molecule has 6 aromatic carbocycles. The van der Waals surface area contributed by atoms with E-state index in [1.807, 2.05) is 72.8 Å². The van der Waals surface area contributed by atoms with Crippen LogP contribution in [0, 0.1) is 0 Å². The highest BCUT2D eigenvalue weighted by Crippen LogP contribution is 2.46. The summed E-state index contributed by atoms with van der Waals surface area (Å²) in [6.07, 6.45) is 3.39. The van der Waals surface area contributed by atoms with Crippen LogP contribution in [0.1, 0.15) is 113 Å². The van der Waals surface area contributed by atoms with Gasteiger partial charge in [-0.1, -0.05) is 128 Å². The first-order chi connectivity index (χ1) is 28.2. The van der Waals surface area contributed by atoms with Gasteiger partial charge in [0, 0.05) is 0 Å². The van der Waals surface area contributed by atoms with Crippen molar-refractivity contribution < 1.29 is 30.6 Å². The van der Waals surface area contributed by atoms with Crippen molar-refractivity contribution in [2.45, 2.75) is 102 Å². The topological polar surface area (TPSA) is 121 Å². The third-order valence-electron chi connectivity index (χ3n) is 12.2. The highest BCUT2D eigenvalue weighted by atomic mass is 16.3. The molecule has 6 rings (SSSR count). The third-order valence-corrected chi connectivity index (χ3v) is 12.2. The molecule has 6 heteroatoms. The monoisotopic (exact) mass is 806 g/mol. The van der Waals surface area contributed by atoms with Crippen molar-refractivity contribution in [2.24, 2.45) is 0 Å². The van der Waals surface area contributed by atoms with Crippen LogP contribution < -0.4 is 0 Å². The highest BCUT2D eigenvalue weighted by molar-refractivity contribution is 5.65. The molecule has 3 atom stereocenters. The fourth-order valence-electron chi connectivity index (χ4n) is 9.13. The van der Waals surface area contributed by atoms with E-state index in [1.54, 1.807) is 72.8 Å². The lowest BCUT2D eigenvalue weighted by molar-refractivity contribution is 0.293. The average Bonchev–Trinajstić information content (AvgIpc) is 3.19. The fraction of sp³-hybridized carbons (Fsp3) is 0.296. The smallest absolute Gasteiger partial charge is 0.115 e. The lowest BCUT2D eigenvalue weighted by atomic mass is 9.64. The van der Waals surface area contributed by atoms with Crippen LogP contribution in [0.5, 0.6) is 34.5 Å². The maximum atomic E-state index is 9.80. The predicted molar refractivity (Wildman–Crippen MR) is 245 cm³/mol. The zero-order valence-electron chi connectivity index (χ0n) is 36.2. The molecule has 6 aromatic rings. The van der Waals surface area contributed by atoms with E-state index >= 15 is 0 Å². The lowest BCUT2D eigenvalue weighted by Crippen LogP contribution is -2.33. The van der Waals surface area contributed by atoms with E-state index < -0.39 is 0 Å². The van der Waals surface area contributed by atoms with Crippen molar-refractivity contribution in [3.8, 4) is 34.5 Å². The fourth-order valence-corrected chi connectivity index (χ4v) is 9.13. The second-order valence-electron chi connectivity index (χ2n) is 18.5. The van der Waals surface area contributed by atoms with Crippen LogP contribution in [-0.2, 0) is 21.7 Å². The number of benzene rings is 6. The van der Waals surface area contributed by atoms with Gasteiger partial charge in [-0.2, -0.15) is 0 Å². The second-order valence-corrected chi connectivity index (χ2v) is 18.5. The number of phenols is 6. The van der Waals surface area contributed by atoms with Gasteiger partial charge in [0.05, 0.1) is 0 Å². The SMILES string of the molecule is C=C(CC(C)(CC(C)(C)c1ccc(O)cc1)c1ccc(O)cc1)c1ccc(O)cc1.CC(CC(C)(CC(C)(C)c1ccc(O)cc1)c1ccc(O)cc1)c1ccc(O)cc1. The van der Waals surface area contributed by atoms with Gasteiger partial charge in [-0.05, 0) is 165 Å². The number of phenolic OH excluding ortho intramolecular Hbond substituents is 6. The van der Waals surface area contributed by atoms with Crippen molar-refractivity contribution in [1.82, 2.24) is 0 Å². The summed E-state index contributed by atoms with van der Waals surface area (Å²) in [7, 11) is 0. The molecule has 0 heterocycles. The molecule has 0 aliphatic heterocycles. The molecule has 0 spiro atoms. The Hall–Kier alpha value is -6.14. The molecule has 0 amide bonds. The molecule has 314 valence electrons. The molecular formula is C54H62O6. The Labute approximate surface area is 356 Å². The summed E-state index contributed by atoms with van der Waals surface area (Å²) in [6, 6.07) is 44.4. The van der Waals surface area contributed by atoms with Crippen molar-refractivity contribution in [3.05, 3.63) is 186 Å². The lowest BCUT2D eigenvalue weighted by Gasteiger charge is -2.40. The van der Waals surface area contributed by atoms with Gasteiger partial charge in [0.2, 0.25) is 0 Å². The number of rotatable bonds is 14. The summed E-state index contributed by atoms with van der Waals surface area (Å²) >= 11 is 0. The maximum Gasteiger partial charge on any atom is 0.115 e. The Bertz CT molecular complexity index is 2290. The van der Waals surface area contributed by atoms with Gasteiger partial charge in [0.25, 0.3) is 0 Å². The normalized spacial score (nSPS) is 14.2. The molecule has 0 radical (unpaired) electrons. The molecule has 0 fully saturated rings. The molecule has 60 heavy (non-hydrogen) atoms. The number of allylic oxidation sites excluding steroid dienone is 1. The van der Waals surface area contributed by atoms with E-state index in [0.29, 0.717) is 5.92 Å². The van der Waals surface area contributed by atoms with Crippen LogP contribution in [0.3, 0.4) is 0 Å². The maximum absolute atomic E-state index is 9.80. The molecule has 0 saturated carbocycles. The summed E-state index contributed by atoms with van der Waals surface area (Å²) in [6.45, 7) is 20.0. The summed E-state index contributed by atoms with van der Waals surface area (Å²) in [5, 5.41) is 58.2. The van der Waals surface area contributed by atoms with Crippen molar-refractivity contribution in [3.63, 3.8) is 0 Å². The predicted octanol–water partition coefficient (Wildman–Crippen LogP) is 13.2. The molecule has 0 aromatic heterocycles. The van der Waals surface area contributed by atoms with E-state index in [-0.39, 0.29) is 56.2 Å². The Kier molecular flexibility index (Phi) is 13.8. The van der Waals surface area contributed by atoms with Gasteiger partial charge >= 0.3 is 0 Å². The van der Waals surface area contributed by atoms with Gasteiger partial charge in [-0.3, -0.25) is 0 Å². The Morgan fingerprint density at radius 2 is 0.700 bits per heavy atom. The van der Waals surface area contributed by atoms with Gasteiger partial charge in [-0.15, -0.1) is 0 Å². The minimum Gasteiger partial charge on any atom is -0.508 e. The molecule has 0 saturated heterocycles. The molecule has 0 aliphatic carbocycles. The Balaban J connectivity index is 0.000000228. The zero-order chi connectivity index (χ0) is 43.9. The Morgan fingerprint density at radius 3 is 1.07 bits per heavy atom. The van der Waals surface area contributed by atoms with E-state index in [0.717, 1.165) is 47.9 Å². The van der Waals surface area contributed by atoms with Gasteiger partial charge in [0.15, 0.2) is 0 Å². The summed E-state index contributed by atoms with van der Waals surface area (Å²) < 4.78 is 0. The largest absolute Gasteiger partial charge is 0.508 e. The van der Waals surface area contributed by atoms with Crippen LogP contribution >= 0.6 is 0 Å². The molecule has 6 N–H and O–H groups in total. The van der Waals surface area contributed by atoms with E-state index in [1.165, 1.54) is 16.7 Å². The quantitative estimate of drug-likeness (QED) is 0.0652. The highest BCUT2D eigenvalue weighted by Gasteiger charge is 2.37. The van der Waals surface area contributed by atoms with E-state index in [4.69, 9.17) is 0 Å². The standard InChI is InChI=1S/C27H32O3.C27H30O3/c2*1-19(20-5-11-23(28)12-6-20)17-27(4,22-9-15-25(30)16-10-22)18-26(2,3)21-7-13-24(29)14-8-21/h5-16,19,28-30H,17-18H2,1-4H3;5-16,28-30H,1,17-18H2,2-4H3. The van der Waals surface area contributed by atoms with Crippen LogP contribution in [0.2, 0.25) is 0 Å². The van der Waals surface area contributed by atoms with Gasteiger partial charge in [0.1, 0.15) is 34.5 Å². The minimum absolute atomic E-state index is 0.116. The first kappa shape index (κ1) is 45.0. The zero-order valence-corrected chi connectivity index (χ0v) is 36.2. The first-order valence-electron chi connectivity index (χ1n) is 20.6. The van der Waals surface area contributed by atoms with Crippen molar-refractivity contribution >= 4 is 5.57 Å². The number of hydrogen-bond donors (Lipinski definition) is 6. The van der Waals surface area contributed by atoms with Gasteiger partial charge < -0.3 is 30.6 Å². The van der Waals surface area contributed by atoms with Crippen LogP contribution in [0.4, 0.5) is 0 Å². The van der Waals surface area contributed by atoms with Gasteiger partial charge in [-0.25, -0.2) is 0 Å². The Morgan fingerprint density at radius 1 is 0.417 bits per heavy atom. The van der Waals surface area contributed by atoms with Crippen LogP contribution in [-0.4, -0.2) is 30.6 Å². The molecule has 3 unspecified atom stereocenters. The van der Waals surface area contributed by atoms with E-state index in [9.17, 15) is 30.6 Å².